The van der Waals surface area contributed by atoms with Crippen molar-refractivity contribution in [2.45, 2.75) is 56.6 Å². The highest BCUT2D eigenvalue weighted by Crippen LogP contribution is 2.33. The summed E-state index contributed by atoms with van der Waals surface area (Å²) in [4.78, 5) is 26.8. The van der Waals surface area contributed by atoms with Crippen LogP contribution in [0.4, 0.5) is 8.78 Å². The molecule has 1 aliphatic heterocycles. The van der Waals surface area contributed by atoms with Crippen molar-refractivity contribution in [3.8, 4) is 5.75 Å². The molecule has 0 spiro atoms. The summed E-state index contributed by atoms with van der Waals surface area (Å²) >= 11 is 0. The number of carbonyl (C=O) groups is 2. The molecule has 1 heterocycles. The second kappa shape index (κ2) is 8.74. The van der Waals surface area contributed by atoms with Crippen molar-refractivity contribution in [3.05, 3.63) is 59.7 Å². The number of ether oxygens (including phenoxy) is 1. The molecule has 2 aromatic rings. The van der Waals surface area contributed by atoms with Crippen molar-refractivity contribution in [2.75, 3.05) is 6.54 Å². The van der Waals surface area contributed by atoms with Crippen LogP contribution in [-0.2, 0) is 20.2 Å². The minimum Gasteiger partial charge on any atom is -0.435 e. The number of hydrogen-bond acceptors (Lipinski definition) is 5. The number of benzene rings is 2. The fraction of sp³-hybridized carbons (Fsp3) is 0.391. The summed E-state index contributed by atoms with van der Waals surface area (Å²) < 4.78 is 56.4. The van der Waals surface area contributed by atoms with Crippen LogP contribution in [0.15, 0.2) is 53.4 Å². The number of rotatable bonds is 6. The number of sulfonamides is 1. The summed E-state index contributed by atoms with van der Waals surface area (Å²) in [6, 6.07) is 11.5. The summed E-state index contributed by atoms with van der Waals surface area (Å²) in [5.74, 6) is -1.62. The van der Waals surface area contributed by atoms with Crippen molar-refractivity contribution in [1.82, 2.24) is 9.62 Å². The van der Waals surface area contributed by atoms with Gasteiger partial charge in [0, 0.05) is 18.2 Å². The molecular formula is C23H26F2N2O5S. The number of halogens is 2. The van der Waals surface area contributed by atoms with Gasteiger partial charge in [-0.2, -0.15) is 8.78 Å². The Bertz CT molecular complexity index is 1160. The molecule has 1 fully saturated rings. The molecule has 0 radical (unpaired) electrons. The van der Waals surface area contributed by atoms with Gasteiger partial charge in [0.05, 0.1) is 4.90 Å². The second-order valence-corrected chi connectivity index (χ2v) is 10.8. The number of likely N-dealkylation sites (tertiary alicyclic amines) is 1. The van der Waals surface area contributed by atoms with Gasteiger partial charge in [-0.15, -0.1) is 0 Å². The minimum atomic E-state index is -4.38. The van der Waals surface area contributed by atoms with Gasteiger partial charge >= 0.3 is 6.61 Å². The Hall–Kier alpha value is -3.01. The normalized spacial score (nSPS) is 18.6. The number of alkyl halides is 2. The highest BCUT2D eigenvalue weighted by Gasteiger charge is 2.50. The van der Waals surface area contributed by atoms with E-state index in [1.807, 2.05) is 16.9 Å². The lowest BCUT2D eigenvalue weighted by molar-refractivity contribution is -0.135. The molecule has 2 aromatic carbocycles. The van der Waals surface area contributed by atoms with Crippen LogP contribution in [0, 0.1) is 0 Å². The molecule has 1 unspecified atom stereocenters. The van der Waals surface area contributed by atoms with E-state index >= 15 is 0 Å². The van der Waals surface area contributed by atoms with Gasteiger partial charge in [-0.25, -0.2) is 13.1 Å². The first-order valence-corrected chi connectivity index (χ1v) is 11.8. The van der Waals surface area contributed by atoms with Crippen molar-refractivity contribution < 1.29 is 31.5 Å². The summed E-state index contributed by atoms with van der Waals surface area (Å²) in [5.41, 5.74) is -0.0170. The fourth-order valence-electron chi connectivity index (χ4n) is 3.50. The van der Waals surface area contributed by atoms with Crippen molar-refractivity contribution in [1.29, 1.82) is 0 Å². The smallest absolute Gasteiger partial charge is 0.387 e. The average molecular weight is 481 g/mol. The highest BCUT2D eigenvalue weighted by atomic mass is 32.2. The summed E-state index contributed by atoms with van der Waals surface area (Å²) in [6.45, 7) is 4.81. The minimum absolute atomic E-state index is 0.0846. The largest absolute Gasteiger partial charge is 0.435 e. The van der Waals surface area contributed by atoms with Gasteiger partial charge in [0.1, 0.15) is 11.3 Å². The third-order valence-corrected chi connectivity index (χ3v) is 7.05. The molecule has 2 amide bonds. The van der Waals surface area contributed by atoms with Crippen LogP contribution in [0.5, 0.6) is 5.75 Å². The van der Waals surface area contributed by atoms with Crippen LogP contribution >= 0.6 is 0 Å². The maximum Gasteiger partial charge on any atom is 0.387 e. The van der Waals surface area contributed by atoms with Gasteiger partial charge < -0.3 is 9.64 Å². The second-order valence-electron chi connectivity index (χ2n) is 9.10. The fourth-order valence-corrected chi connectivity index (χ4v) is 4.61. The lowest BCUT2D eigenvalue weighted by Gasteiger charge is -2.48. The van der Waals surface area contributed by atoms with Gasteiger partial charge in [0.2, 0.25) is 0 Å². The first-order valence-electron chi connectivity index (χ1n) is 10.3. The molecule has 0 aliphatic carbocycles. The van der Waals surface area contributed by atoms with Crippen LogP contribution in [0.2, 0.25) is 0 Å². The molecule has 33 heavy (non-hydrogen) atoms. The van der Waals surface area contributed by atoms with Gasteiger partial charge in [-0.3, -0.25) is 9.59 Å². The molecule has 0 bridgehead atoms. The molecular weight excluding hydrogens is 454 g/mol. The van der Waals surface area contributed by atoms with E-state index in [4.69, 9.17) is 0 Å². The molecule has 1 atom stereocenters. The topological polar surface area (TPSA) is 92.8 Å². The molecule has 1 N–H and O–H groups in total. The SMILES string of the molecule is CC(C)(C)c1ccc(C(=O)N2CCC2(C)C(=O)NS(=O)(=O)c2cccc(OC(F)F)c2)cc1. The van der Waals surface area contributed by atoms with Gasteiger partial charge in [-0.05, 0) is 48.6 Å². The number of amides is 2. The zero-order chi connectivity index (χ0) is 24.6. The van der Waals surface area contributed by atoms with E-state index in [0.29, 0.717) is 12.1 Å². The summed E-state index contributed by atoms with van der Waals surface area (Å²) in [6.07, 6.45) is 0.273. The first-order chi connectivity index (χ1) is 15.2. The monoisotopic (exact) mass is 480 g/mol. The van der Waals surface area contributed by atoms with Gasteiger partial charge in [-0.1, -0.05) is 39.0 Å². The predicted octanol–water partition coefficient (Wildman–Crippen LogP) is 3.70. The van der Waals surface area contributed by atoms with E-state index in [9.17, 15) is 26.8 Å². The maximum atomic E-state index is 13.0. The highest BCUT2D eigenvalue weighted by molar-refractivity contribution is 7.90. The number of nitrogens with zero attached hydrogens (tertiary/aromatic N) is 1. The Morgan fingerprint density at radius 2 is 1.76 bits per heavy atom. The zero-order valence-electron chi connectivity index (χ0n) is 18.8. The van der Waals surface area contributed by atoms with Crippen molar-refractivity contribution in [2.24, 2.45) is 0 Å². The molecule has 0 saturated carbocycles. The first kappa shape index (κ1) is 24.6. The number of carbonyl (C=O) groups excluding carboxylic acids is 2. The van der Waals surface area contributed by atoms with Crippen LogP contribution in [0.1, 0.15) is 50.0 Å². The van der Waals surface area contributed by atoms with Crippen molar-refractivity contribution in [3.63, 3.8) is 0 Å². The lowest BCUT2D eigenvalue weighted by Crippen LogP contribution is -2.67. The van der Waals surface area contributed by atoms with Crippen LogP contribution in [-0.4, -0.2) is 43.8 Å². The third-order valence-electron chi connectivity index (χ3n) is 5.72. The van der Waals surface area contributed by atoms with E-state index in [-0.39, 0.29) is 23.5 Å². The van der Waals surface area contributed by atoms with E-state index in [1.165, 1.54) is 24.0 Å². The third kappa shape index (κ3) is 5.16. The van der Waals surface area contributed by atoms with Crippen molar-refractivity contribution >= 4 is 21.8 Å². The molecule has 1 aliphatic rings. The maximum absolute atomic E-state index is 13.0. The lowest BCUT2D eigenvalue weighted by atomic mass is 9.84. The van der Waals surface area contributed by atoms with E-state index in [1.54, 1.807) is 12.1 Å². The molecule has 3 rings (SSSR count). The average Bonchev–Trinajstić information content (AvgIpc) is 2.71. The summed E-state index contributed by atoms with van der Waals surface area (Å²) in [5, 5.41) is 0. The Labute approximate surface area is 191 Å². The van der Waals surface area contributed by atoms with E-state index in [2.05, 4.69) is 25.5 Å². The Balaban J connectivity index is 1.76. The van der Waals surface area contributed by atoms with Crippen LogP contribution in [0.3, 0.4) is 0 Å². The Morgan fingerprint density at radius 1 is 1.12 bits per heavy atom. The molecule has 10 heteroatoms. The standard InChI is InChI=1S/C23H26F2N2O5S/c1-22(2,3)16-10-8-15(9-11-16)19(28)27-13-12-23(27,4)20(29)26-33(30,31)18-7-5-6-17(14-18)32-21(24)25/h5-11,14,21H,12-13H2,1-4H3,(H,26,29). The van der Waals surface area contributed by atoms with E-state index < -0.39 is 33.0 Å². The van der Waals surface area contributed by atoms with E-state index in [0.717, 1.165) is 17.7 Å². The Kier molecular flexibility index (Phi) is 6.52. The van der Waals surface area contributed by atoms with Gasteiger partial charge in [0.15, 0.2) is 0 Å². The molecule has 0 aromatic heterocycles. The summed E-state index contributed by atoms with van der Waals surface area (Å²) in [7, 11) is -4.38. The molecule has 1 saturated heterocycles. The molecule has 7 nitrogen and oxygen atoms in total. The molecule has 178 valence electrons. The Morgan fingerprint density at radius 3 is 2.27 bits per heavy atom. The van der Waals surface area contributed by atoms with Gasteiger partial charge in [0.25, 0.3) is 21.8 Å². The predicted molar refractivity (Wildman–Crippen MR) is 118 cm³/mol. The quantitative estimate of drug-likeness (QED) is 0.681. The number of hydrogen-bond donors (Lipinski definition) is 1. The van der Waals surface area contributed by atoms with Crippen LogP contribution < -0.4 is 9.46 Å². The van der Waals surface area contributed by atoms with Crippen LogP contribution in [0.25, 0.3) is 0 Å². The zero-order valence-corrected chi connectivity index (χ0v) is 19.6. The number of nitrogens with one attached hydrogen (secondary N) is 1.